The van der Waals surface area contributed by atoms with Gasteiger partial charge in [-0.15, -0.1) is 0 Å². The zero-order valence-electron chi connectivity index (χ0n) is 16.8. The van der Waals surface area contributed by atoms with E-state index in [1.165, 1.54) is 6.07 Å². The molecule has 0 bridgehead atoms. The molecular weight excluding hydrogens is 378 g/mol. The molecule has 3 heterocycles. The number of rotatable bonds is 4. The van der Waals surface area contributed by atoms with Crippen LogP contribution >= 0.6 is 0 Å². The van der Waals surface area contributed by atoms with Crippen molar-refractivity contribution in [2.45, 2.75) is 26.4 Å². The molecule has 0 saturated heterocycles. The third-order valence-corrected chi connectivity index (χ3v) is 5.36. The van der Waals surface area contributed by atoms with E-state index in [0.717, 1.165) is 51.2 Å². The molecule has 150 valence electrons. The highest BCUT2D eigenvalue weighted by Crippen LogP contribution is 2.30. The van der Waals surface area contributed by atoms with Crippen molar-refractivity contribution in [1.29, 1.82) is 0 Å². The second kappa shape index (κ2) is 7.30. The van der Waals surface area contributed by atoms with Crippen LogP contribution in [0.25, 0.3) is 21.9 Å². The molecule has 1 atom stereocenters. The van der Waals surface area contributed by atoms with Crippen molar-refractivity contribution in [1.82, 2.24) is 15.0 Å². The molecule has 0 fully saturated rings. The molecule has 2 aromatic heterocycles. The summed E-state index contributed by atoms with van der Waals surface area (Å²) in [4.78, 5) is 22.8. The number of pyridine rings is 1. The Hall–Kier alpha value is -3.67. The number of aromatic nitrogens is 3. The van der Waals surface area contributed by atoms with E-state index in [0.29, 0.717) is 12.5 Å². The lowest BCUT2D eigenvalue weighted by molar-refractivity contribution is 0.144. The Balaban J connectivity index is 1.33. The van der Waals surface area contributed by atoms with Crippen molar-refractivity contribution in [2.75, 3.05) is 6.61 Å². The van der Waals surface area contributed by atoms with E-state index in [2.05, 4.69) is 27.1 Å². The van der Waals surface area contributed by atoms with E-state index in [-0.39, 0.29) is 11.7 Å². The third-order valence-electron chi connectivity index (χ3n) is 5.36. The summed E-state index contributed by atoms with van der Waals surface area (Å²) in [6.45, 7) is 4.31. The van der Waals surface area contributed by atoms with Crippen molar-refractivity contribution < 1.29 is 9.47 Å². The highest BCUT2D eigenvalue weighted by Gasteiger charge is 2.27. The van der Waals surface area contributed by atoms with E-state index in [1.807, 2.05) is 44.2 Å². The Morgan fingerprint density at radius 1 is 1.03 bits per heavy atom. The third kappa shape index (κ3) is 3.52. The number of hydrogen-bond acceptors (Lipinski definition) is 5. The van der Waals surface area contributed by atoms with Gasteiger partial charge in [-0.2, -0.15) is 4.98 Å². The lowest BCUT2D eigenvalue weighted by Gasteiger charge is -2.13. The summed E-state index contributed by atoms with van der Waals surface area (Å²) in [7, 11) is 0. The molecule has 1 aliphatic heterocycles. The van der Waals surface area contributed by atoms with Crippen molar-refractivity contribution in [2.24, 2.45) is 0 Å². The fourth-order valence-electron chi connectivity index (χ4n) is 3.83. The molecule has 5 rings (SSSR count). The maximum absolute atomic E-state index is 11.3. The summed E-state index contributed by atoms with van der Waals surface area (Å²) in [6, 6.07) is 15.6. The number of aromatic amines is 1. The lowest BCUT2D eigenvalue weighted by atomic mass is 10.0. The highest BCUT2D eigenvalue weighted by atomic mass is 16.5. The number of aryl methyl sites for hydroxylation is 2. The van der Waals surface area contributed by atoms with E-state index < -0.39 is 0 Å². The van der Waals surface area contributed by atoms with Crippen molar-refractivity contribution in [3.05, 3.63) is 82.2 Å². The van der Waals surface area contributed by atoms with Crippen LogP contribution in [0.2, 0.25) is 0 Å². The molecule has 2 aromatic carbocycles. The molecule has 1 aliphatic rings. The van der Waals surface area contributed by atoms with E-state index in [4.69, 9.17) is 9.47 Å². The Labute approximate surface area is 173 Å². The van der Waals surface area contributed by atoms with Gasteiger partial charge in [-0.05, 0) is 60.0 Å². The van der Waals surface area contributed by atoms with Crippen LogP contribution in [0.5, 0.6) is 11.6 Å². The van der Waals surface area contributed by atoms with Crippen molar-refractivity contribution in [3.8, 4) is 22.8 Å². The van der Waals surface area contributed by atoms with Gasteiger partial charge in [0.05, 0.1) is 0 Å². The quantitative estimate of drug-likeness (QED) is 0.562. The minimum Gasteiger partial charge on any atom is -0.490 e. The first-order valence-electron chi connectivity index (χ1n) is 9.92. The van der Waals surface area contributed by atoms with Crippen LogP contribution < -0.4 is 15.0 Å². The highest BCUT2D eigenvalue weighted by molar-refractivity contribution is 5.88. The monoisotopic (exact) mass is 399 g/mol. The Morgan fingerprint density at radius 2 is 1.87 bits per heavy atom. The van der Waals surface area contributed by atoms with Gasteiger partial charge in [-0.3, -0.25) is 4.79 Å². The Bertz CT molecular complexity index is 1290. The summed E-state index contributed by atoms with van der Waals surface area (Å²) in [5.74, 6) is 2.19. The molecule has 0 saturated carbocycles. The van der Waals surface area contributed by atoms with Crippen LogP contribution in [0, 0.1) is 13.8 Å². The van der Waals surface area contributed by atoms with Gasteiger partial charge >= 0.3 is 0 Å². The fourth-order valence-corrected chi connectivity index (χ4v) is 3.83. The molecule has 0 amide bonds. The average molecular weight is 399 g/mol. The van der Waals surface area contributed by atoms with E-state index in [9.17, 15) is 4.79 Å². The lowest BCUT2D eigenvalue weighted by Crippen LogP contribution is -2.22. The molecule has 1 unspecified atom stereocenters. The second-order valence-corrected chi connectivity index (χ2v) is 7.56. The first-order chi connectivity index (χ1) is 14.5. The van der Waals surface area contributed by atoms with Gasteiger partial charge in [0.25, 0.3) is 0 Å². The van der Waals surface area contributed by atoms with Gasteiger partial charge < -0.3 is 14.5 Å². The van der Waals surface area contributed by atoms with Crippen LogP contribution in [0.3, 0.4) is 0 Å². The Kier molecular flexibility index (Phi) is 4.47. The number of benzene rings is 2. The largest absolute Gasteiger partial charge is 0.490 e. The van der Waals surface area contributed by atoms with E-state index >= 15 is 0 Å². The molecule has 1 N–H and O–H groups in total. The molecule has 0 spiro atoms. The molecule has 30 heavy (non-hydrogen) atoms. The predicted molar refractivity (Wildman–Crippen MR) is 115 cm³/mol. The van der Waals surface area contributed by atoms with Crippen LogP contribution in [-0.4, -0.2) is 27.7 Å². The van der Waals surface area contributed by atoms with Gasteiger partial charge in [-0.1, -0.05) is 18.2 Å². The molecule has 6 nitrogen and oxygen atoms in total. The van der Waals surface area contributed by atoms with Crippen LogP contribution in [0.4, 0.5) is 0 Å². The summed E-state index contributed by atoms with van der Waals surface area (Å²) in [5.41, 5.74) is 3.93. The summed E-state index contributed by atoms with van der Waals surface area (Å²) in [5, 5.41) is 2.20. The maximum atomic E-state index is 11.3. The number of nitrogens with one attached hydrogen (secondary N) is 1. The standard InChI is InChI=1S/C24H21N3O3/c1-14-22-11-21(30-24(22)27-15(2)26-14)13-29-20-7-5-16-3-4-17(9-19(16)10-20)18-6-8-23(28)25-12-18/h3-10,12,21H,11,13H2,1-2H3,(H,25,28). The SMILES string of the molecule is Cc1nc(C)c2c(n1)OC(COc1ccc3ccc(-c4ccc(=O)[nH]c4)cc3c1)C2. The number of ether oxygens (including phenoxy) is 2. The zero-order chi connectivity index (χ0) is 20.7. The summed E-state index contributed by atoms with van der Waals surface area (Å²) < 4.78 is 12.0. The molecule has 4 aromatic rings. The minimum atomic E-state index is -0.108. The molecule has 0 aliphatic carbocycles. The van der Waals surface area contributed by atoms with E-state index in [1.54, 1.807) is 6.20 Å². The minimum absolute atomic E-state index is 0.0713. The summed E-state index contributed by atoms with van der Waals surface area (Å²) in [6.07, 6.45) is 2.41. The number of hydrogen-bond donors (Lipinski definition) is 1. The smallest absolute Gasteiger partial charge is 0.247 e. The molecular formula is C24H21N3O3. The predicted octanol–water partition coefficient (Wildman–Crippen LogP) is 3.98. The first-order valence-corrected chi connectivity index (χ1v) is 9.92. The molecule has 6 heteroatoms. The second-order valence-electron chi connectivity index (χ2n) is 7.56. The van der Waals surface area contributed by atoms with Crippen molar-refractivity contribution >= 4 is 10.8 Å². The van der Waals surface area contributed by atoms with Gasteiger partial charge in [0.1, 0.15) is 24.3 Å². The van der Waals surface area contributed by atoms with Crippen LogP contribution in [0.1, 0.15) is 17.1 Å². The van der Waals surface area contributed by atoms with Crippen LogP contribution in [0.15, 0.2) is 59.5 Å². The van der Waals surface area contributed by atoms with Crippen LogP contribution in [-0.2, 0) is 6.42 Å². The normalized spacial score (nSPS) is 15.1. The Morgan fingerprint density at radius 3 is 2.70 bits per heavy atom. The zero-order valence-corrected chi connectivity index (χ0v) is 16.8. The number of H-pyrrole nitrogens is 1. The van der Waals surface area contributed by atoms with Gasteiger partial charge in [-0.25, -0.2) is 4.98 Å². The first kappa shape index (κ1) is 18.4. The van der Waals surface area contributed by atoms with Gasteiger partial charge in [0.2, 0.25) is 11.4 Å². The van der Waals surface area contributed by atoms with Gasteiger partial charge in [0.15, 0.2) is 0 Å². The fraction of sp³-hybridized carbons (Fsp3) is 0.208. The van der Waals surface area contributed by atoms with Crippen molar-refractivity contribution in [3.63, 3.8) is 0 Å². The summed E-state index contributed by atoms with van der Waals surface area (Å²) >= 11 is 0. The maximum Gasteiger partial charge on any atom is 0.247 e. The number of fused-ring (bicyclic) bond motifs is 2. The van der Waals surface area contributed by atoms with Gasteiger partial charge in [0, 0.05) is 29.9 Å². The number of nitrogens with zero attached hydrogens (tertiary/aromatic N) is 2. The topological polar surface area (TPSA) is 77.1 Å². The average Bonchev–Trinajstić information content (AvgIpc) is 3.15. The molecule has 0 radical (unpaired) electrons.